The molecule has 0 saturated heterocycles. The number of aromatic amines is 1. The van der Waals surface area contributed by atoms with Crippen LogP contribution < -0.4 is 10.9 Å². The van der Waals surface area contributed by atoms with Gasteiger partial charge >= 0.3 is 0 Å². The third kappa shape index (κ3) is 4.11. The zero-order valence-corrected chi connectivity index (χ0v) is 16.8. The van der Waals surface area contributed by atoms with Crippen molar-refractivity contribution in [1.82, 2.24) is 34.9 Å². The predicted molar refractivity (Wildman–Crippen MR) is 110 cm³/mol. The van der Waals surface area contributed by atoms with Gasteiger partial charge in [-0.05, 0) is 32.0 Å². The molecule has 0 spiro atoms. The minimum atomic E-state index is -0.212. The van der Waals surface area contributed by atoms with Gasteiger partial charge in [0.2, 0.25) is 5.91 Å². The highest BCUT2D eigenvalue weighted by Gasteiger charge is 2.11. The number of nitrogens with zero attached hydrogens (tertiary/aromatic N) is 5. The van der Waals surface area contributed by atoms with E-state index in [1.54, 1.807) is 18.2 Å². The Morgan fingerprint density at radius 2 is 2.03 bits per heavy atom. The highest BCUT2D eigenvalue weighted by atomic mass is 32.2. The summed E-state index contributed by atoms with van der Waals surface area (Å²) in [5.41, 5.74) is 2.29. The summed E-state index contributed by atoms with van der Waals surface area (Å²) in [6.45, 7) is 4.31. The first-order valence-corrected chi connectivity index (χ1v) is 10.1. The number of hydrogen-bond donors (Lipinski definition) is 2. The van der Waals surface area contributed by atoms with Crippen LogP contribution in [0.25, 0.3) is 16.7 Å². The van der Waals surface area contributed by atoms with Gasteiger partial charge in [-0.1, -0.05) is 23.9 Å². The van der Waals surface area contributed by atoms with Crippen LogP contribution in [0.4, 0.5) is 0 Å². The molecule has 0 fully saturated rings. The van der Waals surface area contributed by atoms with Crippen LogP contribution in [-0.2, 0) is 11.2 Å². The SMILES string of the molecule is Cc1cc(C)n2c(CCNC(=O)CSc3nc4ccccc4c(=O)[nH]3)nnc2n1. The number of fused-ring (bicyclic) bond motifs is 2. The standard InChI is InChI=1S/C19H19N7O2S/c1-11-9-12(2)26-15(24-25-18(26)21-11)7-8-20-16(27)10-29-19-22-14-6-4-3-5-13(14)17(28)23-19/h3-6,9H,7-8,10H2,1-2H3,(H,20,27)(H,22,23,28). The van der Waals surface area contributed by atoms with E-state index < -0.39 is 0 Å². The molecule has 0 aliphatic heterocycles. The van der Waals surface area contributed by atoms with E-state index in [0.29, 0.717) is 34.8 Å². The molecule has 0 bridgehead atoms. The van der Waals surface area contributed by atoms with Gasteiger partial charge in [0, 0.05) is 24.4 Å². The summed E-state index contributed by atoms with van der Waals surface area (Å²) >= 11 is 1.19. The minimum Gasteiger partial charge on any atom is -0.355 e. The fourth-order valence-corrected chi connectivity index (χ4v) is 3.79. The Bertz CT molecular complexity index is 1260. The number of carbonyl (C=O) groups excluding carboxylic acids is 1. The number of carbonyl (C=O) groups is 1. The van der Waals surface area contributed by atoms with Gasteiger partial charge in [-0.25, -0.2) is 9.97 Å². The first-order valence-electron chi connectivity index (χ1n) is 9.08. The lowest BCUT2D eigenvalue weighted by atomic mass is 10.2. The van der Waals surface area contributed by atoms with Crippen LogP contribution in [0.5, 0.6) is 0 Å². The van der Waals surface area contributed by atoms with E-state index in [-0.39, 0.29) is 17.2 Å². The molecule has 1 aromatic carbocycles. The first kappa shape index (κ1) is 19.1. The van der Waals surface area contributed by atoms with Gasteiger partial charge in [-0.15, -0.1) is 10.2 Å². The lowest BCUT2D eigenvalue weighted by Crippen LogP contribution is -2.28. The monoisotopic (exact) mass is 409 g/mol. The summed E-state index contributed by atoms with van der Waals surface area (Å²) in [5.74, 6) is 1.32. The van der Waals surface area contributed by atoms with Crippen molar-refractivity contribution >= 4 is 34.3 Å². The molecule has 0 aliphatic rings. The number of nitrogens with one attached hydrogen (secondary N) is 2. The van der Waals surface area contributed by atoms with Crippen LogP contribution in [0.3, 0.4) is 0 Å². The molecule has 4 aromatic rings. The molecule has 3 aromatic heterocycles. The highest BCUT2D eigenvalue weighted by molar-refractivity contribution is 7.99. The van der Waals surface area contributed by atoms with E-state index >= 15 is 0 Å². The average molecular weight is 409 g/mol. The molecule has 29 heavy (non-hydrogen) atoms. The number of amides is 1. The topological polar surface area (TPSA) is 118 Å². The molecule has 148 valence electrons. The second-order valence-electron chi connectivity index (χ2n) is 6.57. The Kier molecular flexibility index (Phi) is 5.26. The Labute approximate surface area is 170 Å². The van der Waals surface area contributed by atoms with Gasteiger partial charge in [-0.2, -0.15) is 0 Å². The van der Waals surface area contributed by atoms with Crippen LogP contribution in [0.15, 0.2) is 40.3 Å². The van der Waals surface area contributed by atoms with Gasteiger partial charge < -0.3 is 10.3 Å². The molecule has 9 nitrogen and oxygen atoms in total. The number of H-pyrrole nitrogens is 1. The van der Waals surface area contributed by atoms with Crippen LogP contribution in [0.1, 0.15) is 17.2 Å². The fourth-order valence-electron chi connectivity index (χ4n) is 3.09. The molecule has 0 saturated carbocycles. The Balaban J connectivity index is 1.34. The van der Waals surface area contributed by atoms with E-state index in [1.807, 2.05) is 30.4 Å². The second-order valence-corrected chi connectivity index (χ2v) is 7.53. The fraction of sp³-hybridized carbons (Fsp3) is 0.263. The summed E-state index contributed by atoms with van der Waals surface area (Å²) in [4.78, 5) is 35.7. The average Bonchev–Trinajstić information content (AvgIpc) is 3.09. The van der Waals surface area contributed by atoms with Crippen molar-refractivity contribution < 1.29 is 4.79 Å². The quantitative estimate of drug-likeness (QED) is 0.365. The molecule has 4 rings (SSSR count). The highest BCUT2D eigenvalue weighted by Crippen LogP contribution is 2.14. The van der Waals surface area contributed by atoms with E-state index in [4.69, 9.17) is 0 Å². The van der Waals surface area contributed by atoms with E-state index in [0.717, 1.165) is 17.2 Å². The van der Waals surface area contributed by atoms with Crippen LogP contribution in [0.2, 0.25) is 0 Å². The van der Waals surface area contributed by atoms with E-state index in [2.05, 4.69) is 30.5 Å². The molecular formula is C19H19N7O2S. The number of hydrogen-bond acceptors (Lipinski definition) is 7. The van der Waals surface area contributed by atoms with Crippen molar-refractivity contribution in [2.24, 2.45) is 0 Å². The molecule has 2 N–H and O–H groups in total. The number of aromatic nitrogens is 6. The maximum Gasteiger partial charge on any atom is 0.259 e. The normalized spacial score (nSPS) is 11.2. The molecule has 0 radical (unpaired) electrons. The molecule has 0 atom stereocenters. The van der Waals surface area contributed by atoms with Crippen molar-refractivity contribution in [2.75, 3.05) is 12.3 Å². The zero-order chi connectivity index (χ0) is 20.4. The maximum atomic E-state index is 12.2. The second kappa shape index (κ2) is 8.00. The van der Waals surface area contributed by atoms with E-state index in [9.17, 15) is 9.59 Å². The molecule has 10 heteroatoms. The van der Waals surface area contributed by atoms with Gasteiger partial charge in [0.1, 0.15) is 5.82 Å². The van der Waals surface area contributed by atoms with E-state index in [1.165, 1.54) is 11.8 Å². The first-order chi connectivity index (χ1) is 14.0. The lowest BCUT2D eigenvalue weighted by Gasteiger charge is -2.06. The number of aryl methyl sites for hydroxylation is 2. The van der Waals surface area contributed by atoms with Crippen molar-refractivity contribution in [3.63, 3.8) is 0 Å². The van der Waals surface area contributed by atoms with Gasteiger partial charge in [0.15, 0.2) is 5.16 Å². The van der Waals surface area contributed by atoms with Crippen LogP contribution >= 0.6 is 11.8 Å². The van der Waals surface area contributed by atoms with Crippen molar-refractivity contribution in [1.29, 1.82) is 0 Å². The number of rotatable bonds is 6. The number of benzene rings is 1. The van der Waals surface area contributed by atoms with Crippen molar-refractivity contribution in [2.45, 2.75) is 25.4 Å². The number of para-hydroxylation sites is 1. The largest absolute Gasteiger partial charge is 0.355 e. The molecule has 0 aliphatic carbocycles. The smallest absolute Gasteiger partial charge is 0.259 e. The molecule has 1 amide bonds. The number of thioether (sulfide) groups is 1. The van der Waals surface area contributed by atoms with Gasteiger partial charge in [0.05, 0.1) is 16.7 Å². The maximum absolute atomic E-state index is 12.2. The zero-order valence-electron chi connectivity index (χ0n) is 16.0. The third-order valence-corrected chi connectivity index (χ3v) is 5.24. The lowest BCUT2D eigenvalue weighted by molar-refractivity contribution is -0.118. The van der Waals surface area contributed by atoms with Gasteiger partial charge in [-0.3, -0.25) is 14.0 Å². The van der Waals surface area contributed by atoms with Gasteiger partial charge in [0.25, 0.3) is 11.3 Å². The Morgan fingerprint density at radius 1 is 1.21 bits per heavy atom. The van der Waals surface area contributed by atoms with Crippen molar-refractivity contribution in [3.05, 3.63) is 57.9 Å². The third-order valence-electron chi connectivity index (χ3n) is 4.36. The summed E-state index contributed by atoms with van der Waals surface area (Å²) < 4.78 is 1.89. The Hall–Kier alpha value is -3.27. The predicted octanol–water partition coefficient (Wildman–Crippen LogP) is 1.43. The van der Waals surface area contributed by atoms with Crippen molar-refractivity contribution in [3.8, 4) is 0 Å². The minimum absolute atomic E-state index is 0.148. The summed E-state index contributed by atoms with van der Waals surface area (Å²) in [5, 5.41) is 12.1. The summed E-state index contributed by atoms with van der Waals surface area (Å²) in [6, 6.07) is 9.07. The summed E-state index contributed by atoms with van der Waals surface area (Å²) in [7, 11) is 0. The molecule has 3 heterocycles. The molecular weight excluding hydrogens is 390 g/mol. The van der Waals surface area contributed by atoms with Crippen LogP contribution in [-0.4, -0.2) is 47.8 Å². The molecule has 0 unspecified atom stereocenters. The summed E-state index contributed by atoms with van der Waals surface area (Å²) in [6.07, 6.45) is 0.536. The van der Waals surface area contributed by atoms with Crippen LogP contribution in [0, 0.1) is 13.8 Å². The Morgan fingerprint density at radius 3 is 2.90 bits per heavy atom.